The Morgan fingerprint density at radius 2 is 2.00 bits per heavy atom. The first-order valence-electron chi connectivity index (χ1n) is 6.76. The summed E-state index contributed by atoms with van der Waals surface area (Å²) in [5.74, 6) is -0.569. The predicted molar refractivity (Wildman–Crippen MR) is 86.3 cm³/mol. The van der Waals surface area contributed by atoms with Gasteiger partial charge in [-0.05, 0) is 25.1 Å². The number of aryl methyl sites for hydroxylation is 1. The van der Waals surface area contributed by atoms with Gasteiger partial charge in [0.05, 0.1) is 17.7 Å². The maximum Gasteiger partial charge on any atom is 0.255 e. The van der Waals surface area contributed by atoms with Crippen LogP contribution in [0.5, 0.6) is 0 Å². The van der Waals surface area contributed by atoms with Crippen molar-refractivity contribution in [3.63, 3.8) is 0 Å². The molecular formula is C15H16N4O3S. The molecule has 23 heavy (non-hydrogen) atoms. The van der Waals surface area contributed by atoms with Crippen LogP contribution >= 0.6 is 0 Å². The van der Waals surface area contributed by atoms with Crippen LogP contribution in [0, 0.1) is 6.92 Å². The molecule has 7 nitrogen and oxygen atoms in total. The van der Waals surface area contributed by atoms with E-state index in [0.29, 0.717) is 5.56 Å². The van der Waals surface area contributed by atoms with Crippen LogP contribution in [0.4, 0.5) is 0 Å². The number of carbonyl (C=O) groups excluding carboxylic acids is 1. The highest BCUT2D eigenvalue weighted by atomic mass is 32.2. The molecule has 0 aliphatic rings. The molecule has 1 aromatic heterocycles. The van der Waals surface area contributed by atoms with Crippen molar-refractivity contribution in [3.05, 3.63) is 59.9 Å². The molecule has 2 N–H and O–H groups in total. The molecule has 0 aliphatic heterocycles. The first-order valence-corrected chi connectivity index (χ1v) is 8.24. The number of hydrogen-bond donors (Lipinski definition) is 2. The summed E-state index contributed by atoms with van der Waals surface area (Å²) in [6.07, 6.45) is 4.62. The molecular weight excluding hydrogens is 316 g/mol. The number of pyridine rings is 1. The van der Waals surface area contributed by atoms with Gasteiger partial charge in [-0.15, -0.1) is 0 Å². The Kier molecular flexibility index (Phi) is 5.56. The van der Waals surface area contributed by atoms with Gasteiger partial charge < -0.3 is 0 Å². The Hall–Kier alpha value is -2.58. The molecule has 1 aromatic carbocycles. The number of hydrogen-bond acceptors (Lipinski definition) is 5. The Labute approximate surface area is 134 Å². The van der Waals surface area contributed by atoms with Crippen LogP contribution in [0.3, 0.4) is 0 Å². The second kappa shape index (κ2) is 7.61. The normalized spacial score (nSPS) is 11.5. The highest BCUT2D eigenvalue weighted by Crippen LogP contribution is 2.09. The Bertz CT molecular complexity index is 787. The van der Waals surface area contributed by atoms with Gasteiger partial charge >= 0.3 is 0 Å². The molecule has 0 unspecified atom stereocenters. The molecule has 1 amide bonds. The summed E-state index contributed by atoms with van der Waals surface area (Å²) in [7, 11) is -3.72. The van der Waals surface area contributed by atoms with E-state index in [4.69, 9.17) is 0 Å². The van der Waals surface area contributed by atoms with Crippen molar-refractivity contribution in [1.82, 2.24) is 15.1 Å². The van der Waals surface area contributed by atoms with E-state index < -0.39 is 22.5 Å². The summed E-state index contributed by atoms with van der Waals surface area (Å²) in [6, 6.07) is 9.84. The van der Waals surface area contributed by atoms with Crippen molar-refractivity contribution >= 4 is 22.1 Å². The van der Waals surface area contributed by atoms with Gasteiger partial charge in [-0.25, -0.2) is 18.6 Å². The Morgan fingerprint density at radius 3 is 2.65 bits per heavy atom. The van der Waals surface area contributed by atoms with E-state index in [2.05, 4.69) is 20.2 Å². The number of nitrogens with one attached hydrogen (secondary N) is 2. The lowest BCUT2D eigenvalue weighted by molar-refractivity contribution is -0.119. The largest absolute Gasteiger partial charge is 0.272 e. The minimum absolute atomic E-state index is 0.106. The van der Waals surface area contributed by atoms with Crippen molar-refractivity contribution in [2.75, 3.05) is 6.54 Å². The zero-order valence-corrected chi connectivity index (χ0v) is 13.2. The lowest BCUT2D eigenvalue weighted by atomic mass is 10.2. The summed E-state index contributed by atoms with van der Waals surface area (Å²) in [5.41, 5.74) is 3.91. The van der Waals surface area contributed by atoms with Gasteiger partial charge in [0, 0.05) is 18.0 Å². The van der Waals surface area contributed by atoms with Crippen LogP contribution in [-0.4, -0.2) is 32.1 Å². The van der Waals surface area contributed by atoms with Gasteiger partial charge in [0.15, 0.2) is 0 Å². The molecule has 2 rings (SSSR count). The van der Waals surface area contributed by atoms with Gasteiger partial charge in [0.1, 0.15) is 0 Å². The fourth-order valence-corrected chi connectivity index (χ4v) is 2.61. The molecule has 0 saturated carbocycles. The molecule has 0 bridgehead atoms. The quantitative estimate of drug-likeness (QED) is 0.604. The van der Waals surface area contributed by atoms with Crippen LogP contribution in [0.1, 0.15) is 11.1 Å². The zero-order chi connectivity index (χ0) is 16.7. The standard InChI is InChI=1S/C15H16N4O3S/c1-12-4-6-14(7-5-12)23(21,22)18-11-15(20)19-17-10-13-3-2-8-16-9-13/h2-10,18H,11H2,1H3,(H,19,20)/b17-10-. The van der Waals surface area contributed by atoms with E-state index in [1.165, 1.54) is 18.3 Å². The zero-order valence-electron chi connectivity index (χ0n) is 12.4. The number of amides is 1. The first-order chi connectivity index (χ1) is 11.0. The molecule has 1 heterocycles. The number of rotatable bonds is 6. The van der Waals surface area contributed by atoms with Crippen LogP contribution in [-0.2, 0) is 14.8 Å². The lowest BCUT2D eigenvalue weighted by Crippen LogP contribution is -2.34. The molecule has 0 saturated heterocycles. The van der Waals surface area contributed by atoms with Crippen LogP contribution < -0.4 is 10.1 Å². The second-order valence-corrected chi connectivity index (χ2v) is 6.48. The first kappa shape index (κ1) is 16.8. The predicted octanol–water partition coefficient (Wildman–Crippen LogP) is 0.819. The Balaban J connectivity index is 1.86. The minimum Gasteiger partial charge on any atom is -0.272 e. The molecule has 0 spiro atoms. The van der Waals surface area contributed by atoms with E-state index in [9.17, 15) is 13.2 Å². The summed E-state index contributed by atoms with van der Waals surface area (Å²) in [4.78, 5) is 15.6. The van der Waals surface area contributed by atoms with Crippen molar-refractivity contribution in [1.29, 1.82) is 0 Å². The number of nitrogens with zero attached hydrogens (tertiary/aromatic N) is 2. The number of benzene rings is 1. The van der Waals surface area contributed by atoms with Crippen LogP contribution in [0.15, 0.2) is 58.8 Å². The van der Waals surface area contributed by atoms with Gasteiger partial charge in [0.2, 0.25) is 10.0 Å². The fourth-order valence-electron chi connectivity index (χ4n) is 1.63. The monoisotopic (exact) mass is 332 g/mol. The minimum atomic E-state index is -3.72. The third-order valence-corrected chi connectivity index (χ3v) is 4.26. The highest BCUT2D eigenvalue weighted by Gasteiger charge is 2.14. The van der Waals surface area contributed by atoms with E-state index in [1.807, 2.05) is 6.92 Å². The van der Waals surface area contributed by atoms with E-state index >= 15 is 0 Å². The third kappa shape index (κ3) is 5.28. The summed E-state index contributed by atoms with van der Waals surface area (Å²) < 4.78 is 26.2. The molecule has 0 fully saturated rings. The molecule has 120 valence electrons. The van der Waals surface area contributed by atoms with Crippen molar-refractivity contribution in [2.45, 2.75) is 11.8 Å². The molecule has 0 radical (unpaired) electrons. The number of sulfonamides is 1. The summed E-state index contributed by atoms with van der Waals surface area (Å²) >= 11 is 0. The van der Waals surface area contributed by atoms with E-state index in [-0.39, 0.29) is 4.90 Å². The molecule has 0 aliphatic carbocycles. The maximum atomic E-state index is 12.0. The topological polar surface area (TPSA) is 101 Å². The molecule has 2 aromatic rings. The van der Waals surface area contributed by atoms with Crippen LogP contribution in [0.25, 0.3) is 0 Å². The van der Waals surface area contributed by atoms with Gasteiger partial charge in [0.25, 0.3) is 5.91 Å². The Morgan fingerprint density at radius 1 is 1.26 bits per heavy atom. The lowest BCUT2D eigenvalue weighted by Gasteiger charge is -2.06. The van der Waals surface area contributed by atoms with Gasteiger partial charge in [-0.2, -0.15) is 5.10 Å². The number of hydrazone groups is 1. The fraction of sp³-hybridized carbons (Fsp3) is 0.133. The maximum absolute atomic E-state index is 12.0. The smallest absolute Gasteiger partial charge is 0.255 e. The SMILES string of the molecule is Cc1ccc(S(=O)(=O)NCC(=O)N/N=C\c2cccnc2)cc1. The van der Waals surface area contributed by atoms with Crippen LogP contribution in [0.2, 0.25) is 0 Å². The van der Waals surface area contributed by atoms with Crippen molar-refractivity contribution < 1.29 is 13.2 Å². The molecule has 8 heteroatoms. The summed E-state index contributed by atoms with van der Waals surface area (Å²) in [5, 5.41) is 3.73. The average molecular weight is 332 g/mol. The average Bonchev–Trinajstić information content (AvgIpc) is 2.54. The van der Waals surface area contributed by atoms with E-state index in [1.54, 1.807) is 36.7 Å². The number of aromatic nitrogens is 1. The van der Waals surface area contributed by atoms with Gasteiger partial charge in [-0.1, -0.05) is 23.8 Å². The van der Waals surface area contributed by atoms with Crippen molar-refractivity contribution in [3.8, 4) is 0 Å². The van der Waals surface area contributed by atoms with Gasteiger partial charge in [-0.3, -0.25) is 9.78 Å². The second-order valence-electron chi connectivity index (χ2n) is 4.72. The number of carbonyl (C=O) groups is 1. The van der Waals surface area contributed by atoms with E-state index in [0.717, 1.165) is 5.56 Å². The molecule has 0 atom stereocenters. The van der Waals surface area contributed by atoms with Crippen molar-refractivity contribution in [2.24, 2.45) is 5.10 Å². The third-order valence-electron chi connectivity index (χ3n) is 2.84. The summed E-state index contributed by atoms with van der Waals surface area (Å²) in [6.45, 7) is 1.46. The highest BCUT2D eigenvalue weighted by molar-refractivity contribution is 7.89.